The molecule has 2 aromatic rings. The van der Waals surface area contributed by atoms with Crippen molar-refractivity contribution in [2.45, 2.75) is 26.2 Å². The molecule has 0 spiro atoms. The molecule has 7 heteroatoms. The van der Waals surface area contributed by atoms with Gasteiger partial charge in [0.05, 0.1) is 5.69 Å². The van der Waals surface area contributed by atoms with Gasteiger partial charge < -0.3 is 21.3 Å². The summed E-state index contributed by atoms with van der Waals surface area (Å²) in [7, 11) is 0. The van der Waals surface area contributed by atoms with Crippen LogP contribution in [0.25, 0.3) is 0 Å². The Hall–Kier alpha value is -2.67. The molecule has 3 rings (SSSR count). The second-order valence-corrected chi connectivity index (χ2v) is 6.80. The minimum atomic E-state index is 0.0942. The van der Waals surface area contributed by atoms with Gasteiger partial charge in [0.2, 0.25) is 5.95 Å². The van der Waals surface area contributed by atoms with Gasteiger partial charge in [-0.2, -0.15) is 4.98 Å². The summed E-state index contributed by atoms with van der Waals surface area (Å²) in [6.07, 6.45) is 2.86. The number of hydrogen-bond acceptors (Lipinski definition) is 6. The highest BCUT2D eigenvalue weighted by atomic mass is 16.2. The van der Waals surface area contributed by atoms with E-state index in [-0.39, 0.29) is 11.9 Å². The van der Waals surface area contributed by atoms with Gasteiger partial charge in [-0.05, 0) is 24.1 Å². The molecule has 1 fully saturated rings. The van der Waals surface area contributed by atoms with Gasteiger partial charge in [-0.15, -0.1) is 0 Å². The molecule has 0 radical (unpaired) electrons. The molecule has 0 aliphatic carbocycles. The molecule has 1 aliphatic rings. The molecule has 0 bridgehead atoms. The predicted octanol–water partition coefficient (Wildman–Crippen LogP) is 1.91. The lowest BCUT2D eigenvalue weighted by Crippen LogP contribution is -2.46. The summed E-state index contributed by atoms with van der Waals surface area (Å²) >= 11 is 0. The van der Waals surface area contributed by atoms with E-state index in [4.69, 9.17) is 5.73 Å². The summed E-state index contributed by atoms with van der Waals surface area (Å²) in [5.41, 5.74) is 8.52. The van der Waals surface area contributed by atoms with Crippen molar-refractivity contribution in [1.29, 1.82) is 0 Å². The number of carbonyl (C=O) groups is 1. The van der Waals surface area contributed by atoms with Gasteiger partial charge in [0, 0.05) is 50.8 Å². The van der Waals surface area contributed by atoms with Crippen molar-refractivity contribution in [3.05, 3.63) is 47.2 Å². The van der Waals surface area contributed by atoms with Gasteiger partial charge in [-0.25, -0.2) is 4.98 Å². The number of nitrogens with zero attached hydrogens (tertiary/aromatic N) is 3. The number of benzene rings is 1. The largest absolute Gasteiger partial charge is 0.370 e. The predicted molar refractivity (Wildman–Crippen MR) is 108 cm³/mol. The summed E-state index contributed by atoms with van der Waals surface area (Å²) in [6.45, 7) is 6.25. The standard InChI is InChI=1S/C20H28N6O/c1-2-3-8-23-18-14-17(24-20(21)25-18)13-15-4-6-16(7-5-15)19(27)26-11-9-22-10-12-26/h4-7,14,22H,2-3,8-13H2,1H3,(H3,21,23,24,25). The first-order chi connectivity index (χ1) is 13.2. The van der Waals surface area contributed by atoms with Gasteiger partial charge in [-0.3, -0.25) is 4.79 Å². The second-order valence-electron chi connectivity index (χ2n) is 6.80. The third-order valence-electron chi connectivity index (χ3n) is 4.62. The fourth-order valence-electron chi connectivity index (χ4n) is 3.12. The zero-order valence-corrected chi connectivity index (χ0v) is 15.9. The average molecular weight is 368 g/mol. The van der Waals surface area contributed by atoms with Gasteiger partial charge in [0.25, 0.3) is 5.91 Å². The number of hydrogen-bond donors (Lipinski definition) is 3. The maximum absolute atomic E-state index is 12.5. The van der Waals surface area contributed by atoms with Crippen molar-refractivity contribution in [2.24, 2.45) is 0 Å². The third kappa shape index (κ3) is 5.40. The van der Waals surface area contributed by atoms with E-state index in [1.54, 1.807) is 0 Å². The SMILES string of the molecule is CCCCNc1cc(Cc2ccc(C(=O)N3CCNCC3)cc2)nc(N)n1. The molecular formula is C20H28N6O. The number of anilines is 2. The van der Waals surface area contributed by atoms with Gasteiger partial charge in [0.1, 0.15) is 5.82 Å². The van der Waals surface area contributed by atoms with E-state index in [1.807, 2.05) is 35.2 Å². The number of nitrogens with two attached hydrogens (primary N) is 1. The van der Waals surface area contributed by atoms with Crippen LogP contribution < -0.4 is 16.4 Å². The third-order valence-corrected chi connectivity index (χ3v) is 4.62. The first-order valence-corrected chi connectivity index (χ1v) is 9.62. The maximum Gasteiger partial charge on any atom is 0.253 e. The van der Waals surface area contributed by atoms with Crippen LogP contribution in [0, 0.1) is 0 Å². The number of nitrogens with one attached hydrogen (secondary N) is 2. The highest BCUT2D eigenvalue weighted by Crippen LogP contribution is 2.15. The molecule has 1 saturated heterocycles. The summed E-state index contributed by atoms with van der Waals surface area (Å²) in [5, 5.41) is 6.55. The number of unbranched alkanes of at least 4 members (excludes halogenated alkanes) is 1. The zero-order valence-electron chi connectivity index (χ0n) is 15.9. The molecule has 4 N–H and O–H groups in total. The molecular weight excluding hydrogens is 340 g/mol. The summed E-state index contributed by atoms with van der Waals surface area (Å²) in [6, 6.07) is 9.69. The van der Waals surface area contributed by atoms with Crippen molar-refractivity contribution >= 4 is 17.7 Å². The second kappa shape index (κ2) is 9.32. The average Bonchev–Trinajstić information content (AvgIpc) is 2.68. The fourth-order valence-corrected chi connectivity index (χ4v) is 3.12. The van der Waals surface area contributed by atoms with E-state index in [2.05, 4.69) is 27.5 Å². The Labute approximate surface area is 160 Å². The van der Waals surface area contributed by atoms with Crippen LogP contribution in [0.5, 0.6) is 0 Å². The minimum Gasteiger partial charge on any atom is -0.370 e. The molecule has 2 heterocycles. The van der Waals surface area contributed by atoms with Crippen LogP contribution in [0.4, 0.5) is 11.8 Å². The van der Waals surface area contributed by atoms with E-state index in [1.165, 1.54) is 0 Å². The molecule has 1 amide bonds. The van der Waals surface area contributed by atoms with Gasteiger partial charge in [-0.1, -0.05) is 25.5 Å². The molecule has 1 aromatic carbocycles. The Morgan fingerprint density at radius 1 is 1.22 bits per heavy atom. The zero-order chi connectivity index (χ0) is 19.1. The Morgan fingerprint density at radius 2 is 1.96 bits per heavy atom. The molecule has 144 valence electrons. The number of amides is 1. The van der Waals surface area contributed by atoms with Crippen LogP contribution in [0.2, 0.25) is 0 Å². The van der Waals surface area contributed by atoms with Crippen LogP contribution in [0.3, 0.4) is 0 Å². The Bertz CT molecular complexity index is 756. The maximum atomic E-state index is 12.5. The van der Waals surface area contributed by atoms with Gasteiger partial charge >= 0.3 is 0 Å². The topological polar surface area (TPSA) is 96.2 Å². The quantitative estimate of drug-likeness (QED) is 0.646. The van der Waals surface area contributed by atoms with Crippen molar-refractivity contribution in [3.8, 4) is 0 Å². The van der Waals surface area contributed by atoms with Crippen molar-refractivity contribution in [1.82, 2.24) is 20.2 Å². The minimum absolute atomic E-state index is 0.0942. The van der Waals surface area contributed by atoms with E-state index in [0.717, 1.165) is 68.2 Å². The summed E-state index contributed by atoms with van der Waals surface area (Å²) in [5.74, 6) is 1.13. The van der Waals surface area contributed by atoms with E-state index < -0.39 is 0 Å². The van der Waals surface area contributed by atoms with E-state index in [9.17, 15) is 4.79 Å². The van der Waals surface area contributed by atoms with Crippen LogP contribution in [-0.2, 0) is 6.42 Å². The number of rotatable bonds is 7. The molecule has 7 nitrogen and oxygen atoms in total. The normalized spacial score (nSPS) is 14.2. The lowest BCUT2D eigenvalue weighted by molar-refractivity contribution is 0.0736. The monoisotopic (exact) mass is 368 g/mol. The smallest absolute Gasteiger partial charge is 0.253 e. The van der Waals surface area contributed by atoms with Crippen LogP contribution >= 0.6 is 0 Å². The Morgan fingerprint density at radius 3 is 2.67 bits per heavy atom. The lowest BCUT2D eigenvalue weighted by atomic mass is 10.1. The highest BCUT2D eigenvalue weighted by Gasteiger charge is 2.17. The summed E-state index contributed by atoms with van der Waals surface area (Å²) in [4.78, 5) is 23.0. The summed E-state index contributed by atoms with van der Waals surface area (Å²) < 4.78 is 0. The Kier molecular flexibility index (Phi) is 6.59. The van der Waals surface area contributed by atoms with Gasteiger partial charge in [0.15, 0.2) is 0 Å². The van der Waals surface area contributed by atoms with Crippen molar-refractivity contribution in [2.75, 3.05) is 43.8 Å². The highest BCUT2D eigenvalue weighted by molar-refractivity contribution is 5.94. The van der Waals surface area contributed by atoms with Crippen molar-refractivity contribution in [3.63, 3.8) is 0 Å². The number of aromatic nitrogens is 2. The Balaban J connectivity index is 1.64. The van der Waals surface area contributed by atoms with E-state index >= 15 is 0 Å². The first kappa shape index (κ1) is 19.1. The van der Waals surface area contributed by atoms with Crippen LogP contribution in [0.1, 0.15) is 41.4 Å². The number of carbonyl (C=O) groups excluding carboxylic acids is 1. The number of nitrogen functional groups attached to an aromatic ring is 1. The molecule has 27 heavy (non-hydrogen) atoms. The van der Waals surface area contributed by atoms with Crippen LogP contribution in [0.15, 0.2) is 30.3 Å². The molecule has 0 unspecified atom stereocenters. The van der Waals surface area contributed by atoms with Crippen LogP contribution in [-0.4, -0.2) is 53.5 Å². The first-order valence-electron chi connectivity index (χ1n) is 9.62. The molecule has 0 saturated carbocycles. The number of piperazine rings is 1. The molecule has 1 aromatic heterocycles. The van der Waals surface area contributed by atoms with Crippen molar-refractivity contribution < 1.29 is 4.79 Å². The fraction of sp³-hybridized carbons (Fsp3) is 0.450. The molecule has 1 aliphatic heterocycles. The molecule has 0 atom stereocenters. The van der Waals surface area contributed by atoms with E-state index in [0.29, 0.717) is 6.42 Å². The lowest BCUT2D eigenvalue weighted by Gasteiger charge is -2.27.